The number of carbonyl (C=O) groups excluding carboxylic acids is 1. The van der Waals surface area contributed by atoms with Crippen molar-refractivity contribution < 1.29 is 32.9 Å². The number of benzene rings is 1. The summed E-state index contributed by atoms with van der Waals surface area (Å²) in [7, 11) is 0. The molecule has 11 heteroatoms. The Morgan fingerprint density at radius 3 is 2.76 bits per heavy atom. The molecule has 1 aliphatic rings. The van der Waals surface area contributed by atoms with Gasteiger partial charge in [0.1, 0.15) is 5.75 Å². The molecule has 0 saturated heterocycles. The van der Waals surface area contributed by atoms with E-state index in [1.165, 1.54) is 23.6 Å². The lowest BCUT2D eigenvalue weighted by Crippen LogP contribution is -2.55. The molecule has 1 aromatic heterocycles. The third-order valence-electron chi connectivity index (χ3n) is 4.01. The lowest BCUT2D eigenvalue weighted by molar-refractivity contribution is -0.254. The van der Waals surface area contributed by atoms with E-state index in [1.807, 2.05) is 0 Å². The summed E-state index contributed by atoms with van der Waals surface area (Å²) < 4.78 is 45.6. The topological polar surface area (TPSA) is 95.2 Å². The number of thiazole rings is 1. The summed E-state index contributed by atoms with van der Waals surface area (Å²) in [5.41, 5.74) is -3.20. The van der Waals surface area contributed by atoms with Crippen molar-refractivity contribution in [2.75, 3.05) is 11.6 Å². The van der Waals surface area contributed by atoms with Crippen molar-refractivity contribution in [1.29, 1.82) is 0 Å². The van der Waals surface area contributed by atoms with E-state index in [1.54, 1.807) is 25.1 Å². The predicted molar refractivity (Wildman–Crippen MR) is 101 cm³/mol. The number of rotatable bonds is 5. The van der Waals surface area contributed by atoms with E-state index in [9.17, 15) is 28.2 Å². The van der Waals surface area contributed by atoms with Gasteiger partial charge in [0.05, 0.1) is 18.7 Å². The summed E-state index contributed by atoms with van der Waals surface area (Å²) in [6, 6.07) is 6.26. The van der Waals surface area contributed by atoms with Crippen LogP contribution in [0.4, 0.5) is 18.3 Å². The van der Waals surface area contributed by atoms with Crippen LogP contribution in [-0.4, -0.2) is 45.4 Å². The Balaban J connectivity index is 1.94. The van der Waals surface area contributed by atoms with E-state index in [2.05, 4.69) is 10.1 Å². The van der Waals surface area contributed by atoms with E-state index >= 15 is 0 Å². The number of hydrazone groups is 1. The Labute approximate surface area is 167 Å². The second-order valence-electron chi connectivity index (χ2n) is 6.02. The molecular formula is C18H16F3N3O4S. The highest BCUT2D eigenvalue weighted by Crippen LogP contribution is 2.43. The highest BCUT2D eigenvalue weighted by Gasteiger charge is 2.62. The third-order valence-corrected chi connectivity index (χ3v) is 4.83. The van der Waals surface area contributed by atoms with Crippen molar-refractivity contribution in [3.63, 3.8) is 0 Å². The van der Waals surface area contributed by atoms with Crippen LogP contribution in [-0.2, 0) is 4.74 Å². The zero-order valence-corrected chi connectivity index (χ0v) is 15.9. The minimum atomic E-state index is -5.04. The van der Waals surface area contributed by atoms with Gasteiger partial charge in [0, 0.05) is 10.9 Å². The molecular weight excluding hydrogens is 411 g/mol. The molecule has 154 valence electrons. The van der Waals surface area contributed by atoms with Gasteiger partial charge in [0.25, 0.3) is 5.72 Å². The van der Waals surface area contributed by atoms with Crippen molar-refractivity contribution in [3.05, 3.63) is 47.0 Å². The number of hydrogen-bond acceptors (Lipinski definition) is 8. The van der Waals surface area contributed by atoms with Gasteiger partial charge in [-0.05, 0) is 25.1 Å². The first-order chi connectivity index (χ1) is 13.7. The second kappa shape index (κ2) is 7.84. The Kier molecular flexibility index (Phi) is 5.62. The summed E-state index contributed by atoms with van der Waals surface area (Å²) >= 11 is 0.721. The van der Waals surface area contributed by atoms with Crippen LogP contribution in [0.1, 0.15) is 29.4 Å². The minimum absolute atomic E-state index is 0.0516. The number of aromatic hydroxyl groups is 1. The fourth-order valence-corrected chi connectivity index (χ4v) is 3.37. The van der Waals surface area contributed by atoms with Gasteiger partial charge in [-0.3, -0.25) is 0 Å². The number of hydrogen-bond donors (Lipinski definition) is 2. The van der Waals surface area contributed by atoms with Crippen LogP contribution in [0.5, 0.6) is 5.75 Å². The molecule has 2 heterocycles. The SMILES string of the molecule is CCOC(=O)c1csc(N2N=C(/C=C/c3ccccc3O)C[C@@]2(O)C(F)(F)F)n1. The van der Waals surface area contributed by atoms with Crippen LogP contribution < -0.4 is 5.01 Å². The highest BCUT2D eigenvalue weighted by atomic mass is 32.1. The number of allylic oxidation sites excluding steroid dienone is 1. The number of aromatic nitrogens is 1. The number of para-hydroxylation sites is 1. The molecule has 3 rings (SSSR count). The molecule has 0 fully saturated rings. The zero-order chi connectivity index (χ0) is 21.2. The molecule has 0 aliphatic carbocycles. The molecule has 7 nitrogen and oxygen atoms in total. The van der Waals surface area contributed by atoms with Crippen LogP contribution in [0.3, 0.4) is 0 Å². The van der Waals surface area contributed by atoms with Gasteiger partial charge in [0.15, 0.2) is 5.69 Å². The lowest BCUT2D eigenvalue weighted by atomic mass is 10.1. The highest BCUT2D eigenvalue weighted by molar-refractivity contribution is 7.14. The van der Waals surface area contributed by atoms with Gasteiger partial charge in [0.2, 0.25) is 5.13 Å². The lowest BCUT2D eigenvalue weighted by Gasteiger charge is -2.32. The normalized spacial score (nSPS) is 19.6. The molecule has 0 spiro atoms. The number of aliphatic hydroxyl groups is 1. The van der Waals surface area contributed by atoms with E-state index in [-0.39, 0.29) is 28.9 Å². The molecule has 0 bridgehead atoms. The maximum Gasteiger partial charge on any atom is 0.438 e. The molecule has 1 aromatic carbocycles. The Bertz CT molecular complexity index is 973. The average Bonchev–Trinajstić information content (AvgIpc) is 3.26. The van der Waals surface area contributed by atoms with E-state index in [0.29, 0.717) is 10.6 Å². The zero-order valence-electron chi connectivity index (χ0n) is 15.1. The monoisotopic (exact) mass is 427 g/mol. The van der Waals surface area contributed by atoms with Gasteiger partial charge in [-0.25, -0.2) is 9.78 Å². The van der Waals surface area contributed by atoms with Crippen molar-refractivity contribution in [3.8, 4) is 5.75 Å². The van der Waals surface area contributed by atoms with Crippen molar-refractivity contribution in [2.24, 2.45) is 5.10 Å². The number of alkyl halides is 3. The molecule has 0 saturated carbocycles. The molecule has 1 aliphatic heterocycles. The quantitative estimate of drug-likeness (QED) is 0.709. The van der Waals surface area contributed by atoms with Crippen LogP contribution in [0.15, 0.2) is 40.8 Å². The second-order valence-corrected chi connectivity index (χ2v) is 6.86. The summed E-state index contributed by atoms with van der Waals surface area (Å²) in [4.78, 5) is 15.6. The third kappa shape index (κ3) is 4.10. The smallest absolute Gasteiger partial charge is 0.438 e. The average molecular weight is 427 g/mol. The predicted octanol–water partition coefficient (Wildman–Crippen LogP) is 3.56. The van der Waals surface area contributed by atoms with Crippen LogP contribution in [0.25, 0.3) is 6.08 Å². The minimum Gasteiger partial charge on any atom is -0.507 e. The Hall–Kier alpha value is -2.92. The number of anilines is 1. The van der Waals surface area contributed by atoms with Crippen LogP contribution in [0, 0.1) is 0 Å². The summed E-state index contributed by atoms with van der Waals surface area (Å²) in [6.45, 7) is 1.67. The first-order valence-electron chi connectivity index (χ1n) is 8.41. The number of ether oxygens (including phenoxy) is 1. The summed E-state index contributed by atoms with van der Waals surface area (Å²) in [6.07, 6.45) is -3.24. The van der Waals surface area contributed by atoms with Gasteiger partial charge in [-0.2, -0.15) is 23.3 Å². The molecule has 0 radical (unpaired) electrons. The molecule has 0 amide bonds. The number of phenolic OH excluding ortho intramolecular Hbond substituents is 1. The van der Waals surface area contributed by atoms with Gasteiger partial charge in [-0.1, -0.05) is 18.2 Å². The summed E-state index contributed by atoms with van der Waals surface area (Å²) in [5.74, 6) is -0.835. The first-order valence-corrected chi connectivity index (χ1v) is 9.29. The number of carbonyl (C=O) groups is 1. The van der Waals surface area contributed by atoms with Gasteiger partial charge < -0.3 is 14.9 Å². The molecule has 1 atom stereocenters. The number of nitrogens with zero attached hydrogens (tertiary/aromatic N) is 3. The van der Waals surface area contributed by atoms with Crippen LogP contribution in [0.2, 0.25) is 0 Å². The number of esters is 1. The molecule has 29 heavy (non-hydrogen) atoms. The van der Waals surface area contributed by atoms with Crippen LogP contribution >= 0.6 is 11.3 Å². The fourth-order valence-electron chi connectivity index (χ4n) is 2.56. The molecule has 0 unspecified atom stereocenters. The first kappa shape index (κ1) is 20.8. The van der Waals surface area contributed by atoms with Gasteiger partial charge in [-0.15, -0.1) is 11.3 Å². The Morgan fingerprint density at radius 2 is 2.10 bits per heavy atom. The molecule has 2 N–H and O–H groups in total. The van der Waals surface area contributed by atoms with Crippen molar-refractivity contribution in [2.45, 2.75) is 25.2 Å². The summed E-state index contributed by atoms with van der Waals surface area (Å²) in [5, 5.41) is 25.3. The number of phenols is 1. The largest absolute Gasteiger partial charge is 0.507 e. The van der Waals surface area contributed by atoms with E-state index in [4.69, 9.17) is 4.74 Å². The van der Waals surface area contributed by atoms with E-state index in [0.717, 1.165) is 11.3 Å². The maximum absolute atomic E-state index is 13.6. The van der Waals surface area contributed by atoms with Crippen molar-refractivity contribution >= 4 is 34.2 Å². The Morgan fingerprint density at radius 1 is 1.38 bits per heavy atom. The van der Waals surface area contributed by atoms with Gasteiger partial charge >= 0.3 is 12.1 Å². The molecule has 2 aromatic rings. The van der Waals surface area contributed by atoms with E-state index < -0.39 is 24.3 Å². The van der Waals surface area contributed by atoms with Crippen molar-refractivity contribution in [1.82, 2.24) is 4.98 Å². The fraction of sp³-hybridized carbons (Fsp3) is 0.278. The maximum atomic E-state index is 13.6. The number of halogens is 3. The standard InChI is InChI=1S/C18H16F3N3O4S/c1-2-28-15(26)13-10-29-16(22-13)24-17(27,18(19,20)21)9-12(23-24)8-7-11-5-3-4-6-14(11)25/h3-8,10,25,27H,2,9H2,1H3/b8-7+/t17-/m1/s1.